The number of benzene rings is 1. The number of hydrogen-bond acceptors (Lipinski definition) is 6. The molecular formula is C14H17ClN4O4S2. The standard InChI is InChI=1S/C14H17ClN4O4S2/c1-3-22-13(20)18-11(24)16-9-6-5-8(15)7-10(9)17-12(25)19-14(21)23-4-2/h5-7H,3-4H2,1-2H3,(H2,16,18,20,24)(H2,17,19,21,25). The fraction of sp³-hybridized carbons (Fsp3) is 0.286. The van der Waals surface area contributed by atoms with Gasteiger partial charge in [0.2, 0.25) is 0 Å². The number of carbonyl (C=O) groups excluding carboxylic acids is 2. The molecule has 0 aliphatic heterocycles. The van der Waals surface area contributed by atoms with Gasteiger partial charge in [0.05, 0.1) is 24.6 Å². The van der Waals surface area contributed by atoms with Crippen molar-refractivity contribution in [3.05, 3.63) is 23.2 Å². The highest BCUT2D eigenvalue weighted by Crippen LogP contribution is 2.25. The van der Waals surface area contributed by atoms with E-state index < -0.39 is 12.2 Å². The Bertz CT molecular complexity index is 672. The number of thiocarbonyl (C=S) groups is 2. The molecule has 0 aliphatic rings. The molecule has 4 N–H and O–H groups in total. The molecule has 0 unspecified atom stereocenters. The van der Waals surface area contributed by atoms with Gasteiger partial charge in [-0.05, 0) is 56.5 Å². The molecule has 0 radical (unpaired) electrons. The molecule has 0 fully saturated rings. The lowest BCUT2D eigenvalue weighted by Gasteiger charge is -2.16. The van der Waals surface area contributed by atoms with E-state index in [1.165, 1.54) is 0 Å². The number of anilines is 2. The van der Waals surface area contributed by atoms with Crippen molar-refractivity contribution in [3.8, 4) is 0 Å². The molecule has 0 saturated heterocycles. The molecular weight excluding hydrogens is 388 g/mol. The van der Waals surface area contributed by atoms with Gasteiger partial charge in [-0.3, -0.25) is 10.6 Å². The van der Waals surface area contributed by atoms with Crippen LogP contribution in [0.15, 0.2) is 18.2 Å². The van der Waals surface area contributed by atoms with E-state index in [-0.39, 0.29) is 23.4 Å². The first-order valence-electron chi connectivity index (χ1n) is 7.14. The summed E-state index contributed by atoms with van der Waals surface area (Å²) in [5.74, 6) is 0. The molecule has 0 spiro atoms. The predicted octanol–water partition coefficient (Wildman–Crippen LogP) is 3.23. The highest BCUT2D eigenvalue weighted by Gasteiger charge is 2.11. The first-order chi connectivity index (χ1) is 11.8. The van der Waals surface area contributed by atoms with Crippen molar-refractivity contribution in [2.75, 3.05) is 23.8 Å². The second kappa shape index (κ2) is 10.6. The molecule has 25 heavy (non-hydrogen) atoms. The summed E-state index contributed by atoms with van der Waals surface area (Å²) >= 11 is 16.0. The van der Waals surface area contributed by atoms with Crippen LogP contribution in [0.25, 0.3) is 0 Å². The van der Waals surface area contributed by atoms with E-state index in [0.29, 0.717) is 16.4 Å². The number of nitrogens with one attached hydrogen (secondary N) is 4. The molecule has 1 rings (SSSR count). The van der Waals surface area contributed by atoms with Crippen LogP contribution < -0.4 is 21.3 Å². The molecule has 8 nitrogen and oxygen atoms in total. The molecule has 136 valence electrons. The van der Waals surface area contributed by atoms with Gasteiger partial charge in [0, 0.05) is 5.02 Å². The highest BCUT2D eigenvalue weighted by atomic mass is 35.5. The summed E-state index contributed by atoms with van der Waals surface area (Å²) in [6.45, 7) is 3.78. The number of carbonyl (C=O) groups is 2. The summed E-state index contributed by atoms with van der Waals surface area (Å²) in [6.07, 6.45) is -1.36. The fourth-order valence-corrected chi connectivity index (χ4v) is 2.11. The van der Waals surface area contributed by atoms with Crippen molar-refractivity contribution in [2.24, 2.45) is 0 Å². The van der Waals surface area contributed by atoms with Gasteiger partial charge in [-0.2, -0.15) is 0 Å². The number of alkyl carbamates (subject to hydrolysis) is 2. The van der Waals surface area contributed by atoms with E-state index in [1.54, 1.807) is 32.0 Å². The minimum Gasteiger partial charge on any atom is -0.450 e. The van der Waals surface area contributed by atoms with Crippen LogP contribution in [-0.4, -0.2) is 35.6 Å². The largest absolute Gasteiger partial charge is 0.450 e. The van der Waals surface area contributed by atoms with Crippen molar-refractivity contribution in [3.63, 3.8) is 0 Å². The van der Waals surface area contributed by atoms with Crippen molar-refractivity contribution in [2.45, 2.75) is 13.8 Å². The van der Waals surface area contributed by atoms with E-state index in [4.69, 9.17) is 45.5 Å². The molecule has 0 aromatic heterocycles. The van der Waals surface area contributed by atoms with Gasteiger partial charge in [-0.1, -0.05) is 11.6 Å². The average molecular weight is 405 g/mol. The van der Waals surface area contributed by atoms with Crippen LogP contribution in [0.1, 0.15) is 13.8 Å². The maximum atomic E-state index is 11.4. The van der Waals surface area contributed by atoms with Crippen LogP contribution in [0, 0.1) is 0 Å². The second-order valence-electron chi connectivity index (χ2n) is 4.29. The van der Waals surface area contributed by atoms with Crippen LogP contribution in [0.2, 0.25) is 5.02 Å². The van der Waals surface area contributed by atoms with Crippen molar-refractivity contribution in [1.82, 2.24) is 10.6 Å². The Balaban J connectivity index is 2.78. The molecule has 11 heteroatoms. The Morgan fingerprint density at radius 2 is 1.44 bits per heavy atom. The van der Waals surface area contributed by atoms with E-state index in [1.807, 2.05) is 0 Å². The summed E-state index contributed by atoms with van der Waals surface area (Å²) < 4.78 is 9.47. The van der Waals surface area contributed by atoms with Gasteiger partial charge in [0.15, 0.2) is 10.2 Å². The summed E-state index contributed by atoms with van der Waals surface area (Å²) in [5, 5.41) is 10.7. The summed E-state index contributed by atoms with van der Waals surface area (Å²) in [4.78, 5) is 22.7. The van der Waals surface area contributed by atoms with Gasteiger partial charge in [-0.15, -0.1) is 0 Å². The number of rotatable bonds is 4. The summed E-state index contributed by atoms with van der Waals surface area (Å²) in [6, 6.07) is 4.80. The zero-order valence-corrected chi connectivity index (χ0v) is 15.9. The van der Waals surface area contributed by atoms with E-state index in [9.17, 15) is 9.59 Å². The Hall–Kier alpha value is -2.17. The minimum absolute atomic E-state index is 0.00744. The normalized spacial score (nSPS) is 9.56. The SMILES string of the molecule is CCOC(=O)NC(=S)Nc1ccc(Cl)cc1NC(=S)NC(=O)OCC. The molecule has 1 aromatic carbocycles. The highest BCUT2D eigenvalue weighted by molar-refractivity contribution is 7.80. The third-order valence-electron chi connectivity index (χ3n) is 2.46. The quantitative estimate of drug-likeness (QED) is 0.567. The summed E-state index contributed by atoms with van der Waals surface area (Å²) in [7, 11) is 0. The van der Waals surface area contributed by atoms with Crippen LogP contribution in [0.5, 0.6) is 0 Å². The Morgan fingerprint density at radius 1 is 0.960 bits per heavy atom. The maximum Gasteiger partial charge on any atom is 0.413 e. The molecule has 1 aromatic rings. The first-order valence-corrected chi connectivity index (χ1v) is 8.34. The molecule has 0 atom stereocenters. The van der Waals surface area contributed by atoms with Gasteiger partial charge in [-0.25, -0.2) is 9.59 Å². The predicted molar refractivity (Wildman–Crippen MR) is 104 cm³/mol. The second-order valence-corrected chi connectivity index (χ2v) is 5.54. The monoisotopic (exact) mass is 404 g/mol. The number of amides is 2. The Labute approximate surface area is 160 Å². The Morgan fingerprint density at radius 3 is 1.92 bits per heavy atom. The smallest absolute Gasteiger partial charge is 0.413 e. The zero-order valence-electron chi connectivity index (χ0n) is 13.5. The van der Waals surface area contributed by atoms with Crippen molar-refractivity contribution < 1.29 is 19.1 Å². The van der Waals surface area contributed by atoms with Crippen LogP contribution >= 0.6 is 36.0 Å². The third kappa shape index (κ3) is 7.96. The lowest BCUT2D eigenvalue weighted by atomic mass is 10.2. The molecule has 0 heterocycles. The van der Waals surface area contributed by atoms with Crippen LogP contribution in [-0.2, 0) is 9.47 Å². The van der Waals surface area contributed by atoms with Crippen LogP contribution in [0.3, 0.4) is 0 Å². The van der Waals surface area contributed by atoms with Gasteiger partial charge >= 0.3 is 12.2 Å². The van der Waals surface area contributed by atoms with Gasteiger partial charge < -0.3 is 20.1 Å². The molecule has 0 aliphatic carbocycles. The maximum absolute atomic E-state index is 11.4. The topological polar surface area (TPSA) is 101 Å². The molecule has 0 saturated carbocycles. The lowest BCUT2D eigenvalue weighted by Crippen LogP contribution is -2.36. The lowest BCUT2D eigenvalue weighted by molar-refractivity contribution is 0.157. The van der Waals surface area contributed by atoms with Gasteiger partial charge in [0.1, 0.15) is 0 Å². The fourth-order valence-electron chi connectivity index (χ4n) is 1.56. The third-order valence-corrected chi connectivity index (χ3v) is 3.10. The van der Waals surface area contributed by atoms with E-state index in [2.05, 4.69) is 21.3 Å². The van der Waals surface area contributed by atoms with Crippen molar-refractivity contribution in [1.29, 1.82) is 0 Å². The van der Waals surface area contributed by atoms with E-state index >= 15 is 0 Å². The average Bonchev–Trinajstić information content (AvgIpc) is 2.50. The molecule has 2 amide bonds. The zero-order chi connectivity index (χ0) is 18.8. The number of ether oxygens (including phenoxy) is 2. The first kappa shape index (κ1) is 20.9. The number of halogens is 1. The number of hydrogen-bond donors (Lipinski definition) is 4. The van der Waals surface area contributed by atoms with E-state index in [0.717, 1.165) is 0 Å². The van der Waals surface area contributed by atoms with Gasteiger partial charge in [0.25, 0.3) is 0 Å². The summed E-state index contributed by atoms with van der Waals surface area (Å²) in [5.41, 5.74) is 0.904. The van der Waals surface area contributed by atoms with Crippen molar-refractivity contribution >= 4 is 69.8 Å². The van der Waals surface area contributed by atoms with Crippen LogP contribution in [0.4, 0.5) is 21.0 Å². The molecule has 0 bridgehead atoms. The Kier molecular flexibility index (Phi) is 8.89. The minimum atomic E-state index is -0.684.